The summed E-state index contributed by atoms with van der Waals surface area (Å²) in [5.41, 5.74) is 3.78. The lowest BCUT2D eigenvalue weighted by atomic mass is 10.1. The molecule has 4 amide bonds. The molecule has 0 saturated carbocycles. The number of benzene rings is 1. The molecule has 25 heavy (non-hydrogen) atoms. The number of carbonyl (C=O) groups is 2. The van der Waals surface area contributed by atoms with E-state index in [1.165, 1.54) is 5.56 Å². The van der Waals surface area contributed by atoms with Gasteiger partial charge in [-0.1, -0.05) is 0 Å². The molecule has 1 fully saturated rings. The molecule has 3 N–H and O–H groups in total. The molecule has 0 unspecified atom stereocenters. The van der Waals surface area contributed by atoms with Crippen molar-refractivity contribution in [2.75, 3.05) is 29.9 Å². The predicted molar refractivity (Wildman–Crippen MR) is 96.9 cm³/mol. The Morgan fingerprint density at radius 2 is 2.08 bits per heavy atom. The van der Waals surface area contributed by atoms with Crippen molar-refractivity contribution in [3.8, 4) is 0 Å². The monoisotopic (exact) mass is 339 g/mol. The summed E-state index contributed by atoms with van der Waals surface area (Å²) in [4.78, 5) is 29.3. The Kier molecular flexibility index (Phi) is 5.13. The van der Waals surface area contributed by atoms with Crippen molar-refractivity contribution in [1.29, 1.82) is 0 Å². The number of amides is 4. The maximum atomic E-state index is 12.0. The lowest BCUT2D eigenvalue weighted by molar-refractivity contribution is 0.251. The molecule has 2 heterocycles. The maximum absolute atomic E-state index is 12.0. The summed E-state index contributed by atoms with van der Waals surface area (Å²) in [6, 6.07) is 8.83. The van der Waals surface area contributed by atoms with Gasteiger partial charge in [0.2, 0.25) is 0 Å². The number of nitrogens with zero attached hydrogens (tertiary/aromatic N) is 2. The van der Waals surface area contributed by atoms with E-state index in [2.05, 4.69) is 20.9 Å². The first-order valence-corrected chi connectivity index (χ1v) is 8.23. The van der Waals surface area contributed by atoms with Crippen molar-refractivity contribution in [2.24, 2.45) is 0 Å². The zero-order valence-electron chi connectivity index (χ0n) is 14.1. The molecule has 0 bridgehead atoms. The molecule has 7 nitrogen and oxygen atoms in total. The molecule has 1 aliphatic heterocycles. The first-order chi connectivity index (χ1) is 12.1. The van der Waals surface area contributed by atoms with Crippen LogP contribution in [0.15, 0.2) is 42.7 Å². The average molecular weight is 339 g/mol. The Balaban J connectivity index is 1.48. The van der Waals surface area contributed by atoms with Gasteiger partial charge >= 0.3 is 12.1 Å². The van der Waals surface area contributed by atoms with Crippen molar-refractivity contribution >= 4 is 23.4 Å². The zero-order valence-corrected chi connectivity index (χ0v) is 14.1. The van der Waals surface area contributed by atoms with E-state index in [1.807, 2.05) is 31.3 Å². The SMILES string of the molecule is Cc1cnccc1CCNC(=O)Nc1ccc(N2CCNC2=O)cc1. The topological polar surface area (TPSA) is 86.4 Å². The highest BCUT2D eigenvalue weighted by atomic mass is 16.2. The molecule has 7 heteroatoms. The van der Waals surface area contributed by atoms with Crippen LogP contribution in [0.25, 0.3) is 0 Å². The van der Waals surface area contributed by atoms with Crippen molar-refractivity contribution in [1.82, 2.24) is 15.6 Å². The molecule has 1 aromatic heterocycles. The molecule has 0 atom stereocenters. The van der Waals surface area contributed by atoms with Crippen LogP contribution in [0.4, 0.5) is 21.0 Å². The number of aryl methyl sites for hydroxylation is 1. The number of pyridine rings is 1. The molecule has 130 valence electrons. The molecule has 0 aliphatic carbocycles. The Morgan fingerprint density at radius 3 is 2.76 bits per heavy atom. The average Bonchev–Trinajstić information content (AvgIpc) is 3.03. The van der Waals surface area contributed by atoms with Gasteiger partial charge in [-0.3, -0.25) is 9.88 Å². The van der Waals surface area contributed by atoms with E-state index < -0.39 is 0 Å². The van der Waals surface area contributed by atoms with Gasteiger partial charge < -0.3 is 16.0 Å². The maximum Gasteiger partial charge on any atom is 0.321 e. The number of nitrogens with one attached hydrogen (secondary N) is 3. The summed E-state index contributed by atoms with van der Waals surface area (Å²) in [7, 11) is 0. The zero-order chi connectivity index (χ0) is 17.6. The van der Waals surface area contributed by atoms with Gasteiger partial charge in [-0.25, -0.2) is 9.59 Å². The van der Waals surface area contributed by atoms with E-state index in [-0.39, 0.29) is 12.1 Å². The minimum absolute atomic E-state index is 0.0927. The summed E-state index contributed by atoms with van der Waals surface area (Å²) in [5.74, 6) is 0. The molecule has 0 spiro atoms. The Bertz CT molecular complexity index is 760. The summed E-state index contributed by atoms with van der Waals surface area (Å²) >= 11 is 0. The molecular formula is C18H21N5O2. The number of carbonyl (C=O) groups excluding carboxylic acids is 2. The van der Waals surface area contributed by atoms with Crippen molar-refractivity contribution < 1.29 is 9.59 Å². The van der Waals surface area contributed by atoms with Gasteiger partial charge in [-0.15, -0.1) is 0 Å². The molecule has 1 aliphatic rings. The van der Waals surface area contributed by atoms with E-state index in [0.29, 0.717) is 25.3 Å². The standard InChI is InChI=1S/C18H21N5O2/c1-13-12-19-8-6-14(13)7-9-20-17(24)22-15-2-4-16(5-3-15)23-11-10-21-18(23)25/h2-6,8,12H,7,9-11H2,1H3,(H,21,25)(H2,20,22,24). The van der Waals surface area contributed by atoms with E-state index in [0.717, 1.165) is 17.7 Å². The van der Waals surface area contributed by atoms with Gasteiger partial charge in [0.15, 0.2) is 0 Å². The second kappa shape index (κ2) is 7.65. The normalized spacial score (nSPS) is 13.5. The number of rotatable bonds is 5. The van der Waals surface area contributed by atoms with E-state index in [9.17, 15) is 9.59 Å². The molecular weight excluding hydrogens is 318 g/mol. The van der Waals surface area contributed by atoms with Crippen LogP contribution in [-0.2, 0) is 6.42 Å². The highest BCUT2D eigenvalue weighted by molar-refractivity contribution is 5.94. The van der Waals surface area contributed by atoms with Crippen LogP contribution >= 0.6 is 0 Å². The largest absolute Gasteiger partial charge is 0.338 e. The summed E-state index contributed by atoms with van der Waals surface area (Å²) in [5, 5.41) is 8.39. The van der Waals surface area contributed by atoms with E-state index in [1.54, 1.807) is 23.2 Å². The van der Waals surface area contributed by atoms with Crippen molar-refractivity contribution in [3.63, 3.8) is 0 Å². The fourth-order valence-electron chi connectivity index (χ4n) is 2.71. The number of aromatic nitrogens is 1. The molecule has 3 rings (SSSR count). The highest BCUT2D eigenvalue weighted by Crippen LogP contribution is 2.19. The summed E-state index contributed by atoms with van der Waals surface area (Å²) in [6.45, 7) is 3.85. The minimum Gasteiger partial charge on any atom is -0.338 e. The van der Waals surface area contributed by atoms with Gasteiger partial charge in [0.1, 0.15) is 0 Å². The lowest BCUT2D eigenvalue weighted by Gasteiger charge is -2.15. The van der Waals surface area contributed by atoms with Crippen LogP contribution < -0.4 is 20.9 Å². The molecule has 0 radical (unpaired) electrons. The highest BCUT2D eigenvalue weighted by Gasteiger charge is 2.20. The summed E-state index contributed by atoms with van der Waals surface area (Å²) in [6.07, 6.45) is 4.33. The van der Waals surface area contributed by atoms with Crippen LogP contribution in [0, 0.1) is 6.92 Å². The van der Waals surface area contributed by atoms with Crippen LogP contribution in [0.2, 0.25) is 0 Å². The summed E-state index contributed by atoms with van der Waals surface area (Å²) < 4.78 is 0. The van der Waals surface area contributed by atoms with Gasteiger partial charge in [0.05, 0.1) is 0 Å². The third kappa shape index (κ3) is 4.26. The van der Waals surface area contributed by atoms with Crippen LogP contribution in [0.5, 0.6) is 0 Å². The van der Waals surface area contributed by atoms with E-state index >= 15 is 0 Å². The van der Waals surface area contributed by atoms with Crippen LogP contribution in [0.1, 0.15) is 11.1 Å². The molecule has 1 aromatic carbocycles. The molecule has 1 saturated heterocycles. The number of hydrogen-bond acceptors (Lipinski definition) is 3. The Hall–Kier alpha value is -3.09. The second-order valence-electron chi connectivity index (χ2n) is 5.86. The van der Waals surface area contributed by atoms with Gasteiger partial charge in [-0.2, -0.15) is 0 Å². The number of anilines is 2. The minimum atomic E-state index is -0.252. The van der Waals surface area contributed by atoms with Gasteiger partial charge in [0, 0.05) is 43.4 Å². The van der Waals surface area contributed by atoms with Crippen LogP contribution in [0.3, 0.4) is 0 Å². The Labute approximate surface area is 146 Å². The predicted octanol–water partition coefficient (Wildman–Crippen LogP) is 2.28. The first kappa shape index (κ1) is 16.8. The fraction of sp³-hybridized carbons (Fsp3) is 0.278. The third-order valence-corrected chi connectivity index (χ3v) is 4.11. The quantitative estimate of drug-likeness (QED) is 0.781. The first-order valence-electron chi connectivity index (χ1n) is 8.23. The van der Waals surface area contributed by atoms with E-state index in [4.69, 9.17) is 0 Å². The van der Waals surface area contributed by atoms with Crippen molar-refractivity contribution in [2.45, 2.75) is 13.3 Å². The third-order valence-electron chi connectivity index (χ3n) is 4.11. The smallest absolute Gasteiger partial charge is 0.321 e. The van der Waals surface area contributed by atoms with Gasteiger partial charge in [-0.05, 0) is 54.8 Å². The van der Waals surface area contributed by atoms with Crippen LogP contribution in [-0.4, -0.2) is 36.7 Å². The van der Waals surface area contributed by atoms with Gasteiger partial charge in [0.25, 0.3) is 0 Å². The fourth-order valence-corrected chi connectivity index (χ4v) is 2.71. The molecule has 2 aromatic rings. The lowest BCUT2D eigenvalue weighted by Crippen LogP contribution is -2.30. The second-order valence-corrected chi connectivity index (χ2v) is 5.86. The number of hydrogen-bond donors (Lipinski definition) is 3. The van der Waals surface area contributed by atoms with Crippen molar-refractivity contribution in [3.05, 3.63) is 53.9 Å². The number of urea groups is 2. The Morgan fingerprint density at radius 1 is 1.28 bits per heavy atom.